The predicted octanol–water partition coefficient (Wildman–Crippen LogP) is 3.69. The van der Waals surface area contributed by atoms with Crippen molar-refractivity contribution in [3.63, 3.8) is 0 Å². The van der Waals surface area contributed by atoms with E-state index >= 15 is 0 Å². The van der Waals surface area contributed by atoms with Crippen LogP contribution in [-0.4, -0.2) is 32.2 Å². The molecule has 1 aromatic carbocycles. The molecule has 4 aliphatic rings. The fraction of sp³-hybridized carbons (Fsp3) is 0.708. The molecule has 1 aromatic rings. The second-order valence-electron chi connectivity index (χ2n) is 9.82. The van der Waals surface area contributed by atoms with Crippen molar-refractivity contribution in [3.05, 3.63) is 18.2 Å². The summed E-state index contributed by atoms with van der Waals surface area (Å²) >= 11 is 0. The molecule has 4 bridgehead atoms. The summed E-state index contributed by atoms with van der Waals surface area (Å²) in [5, 5.41) is 3.13. The zero-order chi connectivity index (χ0) is 21.0. The van der Waals surface area contributed by atoms with E-state index in [4.69, 9.17) is 20.9 Å². The zero-order valence-corrected chi connectivity index (χ0v) is 18.0. The van der Waals surface area contributed by atoms with E-state index in [2.05, 4.69) is 5.32 Å². The highest BCUT2D eigenvalue weighted by molar-refractivity contribution is 5.91. The van der Waals surface area contributed by atoms with Gasteiger partial charge in [0.15, 0.2) is 0 Å². The van der Waals surface area contributed by atoms with E-state index < -0.39 is 0 Å². The van der Waals surface area contributed by atoms with E-state index in [1.54, 1.807) is 0 Å². The number of amides is 1. The number of benzene rings is 1. The average Bonchev–Trinajstić information content (AvgIpc) is 2.66. The molecule has 1 amide bonds. The maximum absolute atomic E-state index is 13.0. The van der Waals surface area contributed by atoms with Gasteiger partial charge in [0.05, 0.1) is 13.2 Å². The normalized spacial score (nSPS) is 29.1. The molecule has 6 nitrogen and oxygen atoms in total. The van der Waals surface area contributed by atoms with Gasteiger partial charge in [-0.3, -0.25) is 4.79 Å². The van der Waals surface area contributed by atoms with Crippen molar-refractivity contribution in [2.45, 2.75) is 57.8 Å². The summed E-state index contributed by atoms with van der Waals surface area (Å²) in [6, 6.07) is 5.62. The van der Waals surface area contributed by atoms with Gasteiger partial charge in [-0.2, -0.15) is 0 Å². The van der Waals surface area contributed by atoms with Crippen molar-refractivity contribution in [1.82, 2.24) is 0 Å². The maximum atomic E-state index is 13.0. The van der Waals surface area contributed by atoms with Crippen LogP contribution in [0, 0.1) is 23.2 Å². The van der Waals surface area contributed by atoms with Gasteiger partial charge in [-0.25, -0.2) is 0 Å². The van der Waals surface area contributed by atoms with Gasteiger partial charge in [-0.15, -0.1) is 0 Å². The molecule has 0 atom stereocenters. The van der Waals surface area contributed by atoms with Crippen LogP contribution in [0.15, 0.2) is 18.2 Å². The zero-order valence-electron chi connectivity index (χ0n) is 18.0. The summed E-state index contributed by atoms with van der Waals surface area (Å²) in [5.41, 5.74) is 12.1. The summed E-state index contributed by atoms with van der Waals surface area (Å²) in [5.74, 6) is 4.06. The first kappa shape index (κ1) is 21.4. The highest BCUT2D eigenvalue weighted by atomic mass is 16.5. The molecule has 0 heterocycles. The number of nitrogens with two attached hydrogens (primary N) is 2. The first-order valence-electron chi connectivity index (χ1n) is 11.7. The highest BCUT2D eigenvalue weighted by Gasteiger charge is 2.51. The first-order valence-corrected chi connectivity index (χ1v) is 11.7. The van der Waals surface area contributed by atoms with E-state index in [0.29, 0.717) is 44.2 Å². The second-order valence-corrected chi connectivity index (χ2v) is 9.82. The van der Waals surface area contributed by atoms with Crippen LogP contribution < -0.4 is 26.3 Å². The van der Waals surface area contributed by atoms with E-state index in [0.717, 1.165) is 36.3 Å². The number of hydrogen-bond donors (Lipinski definition) is 3. The summed E-state index contributed by atoms with van der Waals surface area (Å²) in [6.07, 6.45) is 10.1. The van der Waals surface area contributed by atoms with Crippen molar-refractivity contribution in [3.8, 4) is 11.5 Å². The van der Waals surface area contributed by atoms with Gasteiger partial charge in [-0.05, 0) is 87.6 Å². The lowest BCUT2D eigenvalue weighted by molar-refractivity contribution is -0.124. The molecule has 30 heavy (non-hydrogen) atoms. The van der Waals surface area contributed by atoms with E-state index in [-0.39, 0.29) is 11.3 Å². The lowest BCUT2D eigenvalue weighted by Crippen LogP contribution is -2.47. The third-order valence-corrected chi connectivity index (χ3v) is 7.10. The Kier molecular flexibility index (Phi) is 6.84. The Bertz CT molecular complexity index is 673. The smallest absolute Gasteiger partial charge is 0.224 e. The minimum absolute atomic E-state index is 0.115. The maximum Gasteiger partial charge on any atom is 0.224 e. The van der Waals surface area contributed by atoms with Gasteiger partial charge in [-0.1, -0.05) is 0 Å². The number of ether oxygens (including phenoxy) is 2. The summed E-state index contributed by atoms with van der Waals surface area (Å²) in [6.45, 7) is 2.26. The number of anilines is 1. The Hall–Kier alpha value is -1.79. The topological polar surface area (TPSA) is 99.6 Å². The molecule has 166 valence electrons. The fourth-order valence-corrected chi connectivity index (χ4v) is 6.41. The fourth-order valence-electron chi connectivity index (χ4n) is 6.41. The summed E-state index contributed by atoms with van der Waals surface area (Å²) < 4.78 is 11.6. The first-order chi connectivity index (χ1) is 14.6. The molecule has 0 saturated heterocycles. The molecule has 0 radical (unpaired) electrons. The Labute approximate surface area is 180 Å². The number of rotatable bonds is 11. The van der Waals surface area contributed by atoms with E-state index in [1.165, 1.54) is 38.5 Å². The van der Waals surface area contributed by atoms with E-state index in [9.17, 15) is 4.79 Å². The van der Waals surface area contributed by atoms with Gasteiger partial charge < -0.3 is 26.3 Å². The molecule has 6 heteroatoms. The Morgan fingerprint density at radius 2 is 1.40 bits per heavy atom. The van der Waals surface area contributed by atoms with Crippen molar-refractivity contribution in [2.24, 2.45) is 34.6 Å². The van der Waals surface area contributed by atoms with Crippen LogP contribution in [0.1, 0.15) is 57.8 Å². The molecule has 0 spiro atoms. The third kappa shape index (κ3) is 5.27. The largest absolute Gasteiger partial charge is 0.493 e. The van der Waals surface area contributed by atoms with Gasteiger partial charge in [0.2, 0.25) is 5.91 Å². The quantitative estimate of drug-likeness (QED) is 0.479. The Balaban J connectivity index is 1.41. The van der Waals surface area contributed by atoms with Crippen LogP contribution in [0.25, 0.3) is 0 Å². The van der Waals surface area contributed by atoms with Crippen LogP contribution in [0.2, 0.25) is 0 Å². The number of carbonyl (C=O) groups excluding carboxylic acids is 1. The minimum atomic E-state index is 0.115. The SMILES string of the molecule is NCCCOc1cc(NC(=O)CC23CC4CC(CC(C4)C2)C3)cc(OCCCN)c1. The van der Waals surface area contributed by atoms with Gasteiger partial charge in [0.1, 0.15) is 11.5 Å². The standard InChI is InChI=1S/C24H37N3O3/c25-3-1-5-29-21-10-20(11-22(12-21)30-6-2-4-26)27-23(28)16-24-13-17-7-18(14-24)9-19(8-17)15-24/h10-12,17-19H,1-9,13-16,25-26H2,(H,27,28). The molecule has 4 aliphatic carbocycles. The number of hydrogen-bond acceptors (Lipinski definition) is 5. The molecule has 0 unspecified atom stereocenters. The minimum Gasteiger partial charge on any atom is -0.493 e. The summed E-state index contributed by atoms with van der Waals surface area (Å²) in [7, 11) is 0. The molecule has 4 fully saturated rings. The molecule has 5 rings (SSSR count). The molecule has 0 aromatic heterocycles. The van der Waals surface area contributed by atoms with Gasteiger partial charge >= 0.3 is 0 Å². The lowest BCUT2D eigenvalue weighted by atomic mass is 9.49. The van der Waals surface area contributed by atoms with Crippen molar-refractivity contribution < 1.29 is 14.3 Å². The van der Waals surface area contributed by atoms with Crippen molar-refractivity contribution in [2.75, 3.05) is 31.6 Å². The van der Waals surface area contributed by atoms with Gasteiger partial charge in [0.25, 0.3) is 0 Å². The number of nitrogens with one attached hydrogen (secondary N) is 1. The highest BCUT2D eigenvalue weighted by Crippen LogP contribution is 2.61. The van der Waals surface area contributed by atoms with Crippen LogP contribution in [0.3, 0.4) is 0 Å². The number of carbonyl (C=O) groups is 1. The van der Waals surface area contributed by atoms with Crippen LogP contribution in [0.4, 0.5) is 5.69 Å². The summed E-state index contributed by atoms with van der Waals surface area (Å²) in [4.78, 5) is 13.0. The monoisotopic (exact) mass is 415 g/mol. The van der Waals surface area contributed by atoms with Gasteiger partial charge in [0, 0.05) is 30.3 Å². The second kappa shape index (κ2) is 9.56. The lowest BCUT2D eigenvalue weighted by Gasteiger charge is -2.56. The Morgan fingerprint density at radius 3 is 1.87 bits per heavy atom. The predicted molar refractivity (Wildman–Crippen MR) is 119 cm³/mol. The molecular weight excluding hydrogens is 378 g/mol. The average molecular weight is 416 g/mol. The van der Waals surface area contributed by atoms with Crippen LogP contribution >= 0.6 is 0 Å². The van der Waals surface area contributed by atoms with Crippen molar-refractivity contribution in [1.29, 1.82) is 0 Å². The van der Waals surface area contributed by atoms with Crippen LogP contribution in [-0.2, 0) is 4.79 Å². The molecular formula is C24H37N3O3. The van der Waals surface area contributed by atoms with Crippen LogP contribution in [0.5, 0.6) is 11.5 Å². The molecule has 0 aliphatic heterocycles. The van der Waals surface area contributed by atoms with E-state index in [1.807, 2.05) is 18.2 Å². The molecule has 5 N–H and O–H groups in total. The third-order valence-electron chi connectivity index (χ3n) is 7.10. The molecule has 4 saturated carbocycles. The van der Waals surface area contributed by atoms with Crippen molar-refractivity contribution >= 4 is 11.6 Å². The Morgan fingerprint density at radius 1 is 0.900 bits per heavy atom.